The number of halogens is 1. The fourth-order valence-corrected chi connectivity index (χ4v) is 3.55. The number of rotatable bonds is 8. The summed E-state index contributed by atoms with van der Waals surface area (Å²) in [4.78, 5) is 23.0. The van der Waals surface area contributed by atoms with Crippen LogP contribution in [0.4, 0.5) is 4.39 Å². The number of benzene rings is 1. The van der Waals surface area contributed by atoms with Crippen LogP contribution >= 0.6 is 11.3 Å². The zero-order chi connectivity index (χ0) is 20.1. The summed E-state index contributed by atoms with van der Waals surface area (Å²) in [6.45, 7) is 4.67. The Balaban J connectivity index is 1.68. The van der Waals surface area contributed by atoms with Gasteiger partial charge < -0.3 is 10.0 Å². The van der Waals surface area contributed by atoms with E-state index in [9.17, 15) is 14.3 Å². The zero-order valence-corrected chi connectivity index (χ0v) is 16.5. The molecule has 0 aliphatic carbocycles. The minimum atomic E-state index is -0.886. The second-order valence-electron chi connectivity index (χ2n) is 6.91. The van der Waals surface area contributed by atoms with Gasteiger partial charge in [0.25, 0.3) is 0 Å². The summed E-state index contributed by atoms with van der Waals surface area (Å²) in [6.07, 6.45) is 0.652. The molecule has 1 amide bonds. The van der Waals surface area contributed by atoms with E-state index in [0.717, 1.165) is 0 Å². The average molecular weight is 403 g/mol. The number of hydrogen-bond acceptors (Lipinski definition) is 6. The maximum Gasteiger partial charge on any atom is 0.228 e. The van der Waals surface area contributed by atoms with Crippen LogP contribution in [-0.2, 0) is 11.2 Å². The number of aliphatic hydroxyl groups excluding tert-OH is 1. The van der Waals surface area contributed by atoms with Gasteiger partial charge in [-0.05, 0) is 23.6 Å². The second kappa shape index (κ2) is 9.03. The number of aliphatic hydroxyl groups is 1. The summed E-state index contributed by atoms with van der Waals surface area (Å²) < 4.78 is 13.1. The molecule has 2 N–H and O–H groups in total. The van der Waals surface area contributed by atoms with Gasteiger partial charge in [-0.25, -0.2) is 14.4 Å². The zero-order valence-electron chi connectivity index (χ0n) is 15.7. The van der Waals surface area contributed by atoms with Gasteiger partial charge in [0.1, 0.15) is 12.1 Å². The predicted octanol–water partition coefficient (Wildman–Crippen LogP) is 2.83. The molecule has 1 aromatic carbocycles. The highest BCUT2D eigenvalue weighted by molar-refractivity contribution is 7.13. The first-order valence-corrected chi connectivity index (χ1v) is 9.81. The van der Waals surface area contributed by atoms with Gasteiger partial charge in [-0.1, -0.05) is 26.0 Å². The van der Waals surface area contributed by atoms with Crippen molar-refractivity contribution in [2.24, 2.45) is 5.92 Å². The summed E-state index contributed by atoms with van der Waals surface area (Å²) in [5.41, 5.74) is 1.22. The van der Waals surface area contributed by atoms with E-state index in [2.05, 4.69) is 20.2 Å². The maximum absolute atomic E-state index is 13.1. The Morgan fingerprint density at radius 2 is 2.04 bits per heavy atom. The molecular formula is C19H22FN5O2S. The van der Waals surface area contributed by atoms with E-state index >= 15 is 0 Å². The van der Waals surface area contributed by atoms with Crippen LogP contribution in [0.5, 0.6) is 0 Å². The highest BCUT2D eigenvalue weighted by atomic mass is 32.1. The predicted molar refractivity (Wildman–Crippen MR) is 104 cm³/mol. The number of hydrogen-bond donors (Lipinski definition) is 2. The third-order valence-electron chi connectivity index (χ3n) is 4.09. The molecule has 1 atom stereocenters. The molecule has 2 aromatic heterocycles. The smallest absolute Gasteiger partial charge is 0.228 e. The van der Waals surface area contributed by atoms with Crippen molar-refractivity contribution in [2.45, 2.75) is 26.4 Å². The largest absolute Gasteiger partial charge is 0.387 e. The van der Waals surface area contributed by atoms with Crippen LogP contribution in [0, 0.1) is 11.7 Å². The van der Waals surface area contributed by atoms with E-state index in [1.165, 1.54) is 41.9 Å². The molecule has 0 aliphatic rings. The molecule has 0 saturated carbocycles. The number of aromatic amines is 1. The summed E-state index contributed by atoms with van der Waals surface area (Å²) in [6, 6.07) is 5.66. The number of amides is 1. The number of aromatic nitrogens is 4. The van der Waals surface area contributed by atoms with E-state index in [4.69, 9.17) is 0 Å². The molecule has 0 unspecified atom stereocenters. The molecule has 0 spiro atoms. The van der Waals surface area contributed by atoms with Crippen molar-refractivity contribution in [1.29, 1.82) is 0 Å². The van der Waals surface area contributed by atoms with Crippen LogP contribution in [0.3, 0.4) is 0 Å². The van der Waals surface area contributed by atoms with Crippen LogP contribution in [0.2, 0.25) is 0 Å². The molecular weight excluding hydrogens is 381 g/mol. The lowest BCUT2D eigenvalue weighted by molar-refractivity contribution is -0.132. The third kappa shape index (κ3) is 5.20. The van der Waals surface area contributed by atoms with E-state index in [-0.39, 0.29) is 30.6 Å². The standard InChI is InChI=1S/C19H22FN5O2S/c1-12(2)8-25(9-16(26)13-3-5-14(20)6-4-13)17(27)7-15-10-28-19(23-15)18-21-11-22-24-18/h3-6,10-12,16,26H,7-9H2,1-2H3,(H,21,22,24)/t16-/m1/s1. The molecule has 148 valence electrons. The number of carbonyl (C=O) groups excluding carboxylic acids is 1. The van der Waals surface area contributed by atoms with E-state index in [0.29, 0.717) is 28.6 Å². The second-order valence-corrected chi connectivity index (χ2v) is 7.77. The molecule has 3 aromatic rings. The number of H-pyrrole nitrogens is 1. The number of carbonyl (C=O) groups is 1. The van der Waals surface area contributed by atoms with Gasteiger partial charge in [0, 0.05) is 11.9 Å². The Bertz CT molecular complexity index is 895. The normalized spacial score (nSPS) is 12.3. The van der Waals surface area contributed by atoms with Gasteiger partial charge in [0.2, 0.25) is 5.91 Å². The van der Waals surface area contributed by atoms with E-state index < -0.39 is 6.10 Å². The van der Waals surface area contributed by atoms with Gasteiger partial charge in [-0.15, -0.1) is 11.3 Å². The summed E-state index contributed by atoms with van der Waals surface area (Å²) in [5.74, 6) is 0.320. The lowest BCUT2D eigenvalue weighted by Gasteiger charge is -2.27. The maximum atomic E-state index is 13.1. The van der Waals surface area contributed by atoms with Crippen LogP contribution in [0.25, 0.3) is 10.8 Å². The summed E-state index contributed by atoms with van der Waals surface area (Å²) >= 11 is 1.39. The van der Waals surface area contributed by atoms with Gasteiger partial charge in [-0.2, -0.15) is 5.10 Å². The quantitative estimate of drug-likeness (QED) is 0.603. The molecule has 28 heavy (non-hydrogen) atoms. The minimum absolute atomic E-state index is 0.121. The number of thiazole rings is 1. The summed E-state index contributed by atoms with van der Waals surface area (Å²) in [7, 11) is 0. The molecule has 2 heterocycles. The Kier molecular flexibility index (Phi) is 6.48. The monoisotopic (exact) mass is 403 g/mol. The summed E-state index contributed by atoms with van der Waals surface area (Å²) in [5, 5.41) is 19.5. The van der Waals surface area contributed by atoms with Crippen molar-refractivity contribution in [3.63, 3.8) is 0 Å². The highest BCUT2D eigenvalue weighted by Gasteiger charge is 2.21. The average Bonchev–Trinajstić information content (AvgIpc) is 3.32. The van der Waals surface area contributed by atoms with Gasteiger partial charge in [0.15, 0.2) is 10.8 Å². The Labute approximate surface area is 166 Å². The minimum Gasteiger partial charge on any atom is -0.387 e. The third-order valence-corrected chi connectivity index (χ3v) is 4.99. The molecule has 0 aliphatic heterocycles. The fourth-order valence-electron chi connectivity index (χ4n) is 2.79. The van der Waals surface area contributed by atoms with Crippen molar-refractivity contribution >= 4 is 17.2 Å². The van der Waals surface area contributed by atoms with Crippen molar-refractivity contribution in [3.05, 3.63) is 53.0 Å². The van der Waals surface area contributed by atoms with Crippen molar-refractivity contribution in [2.75, 3.05) is 13.1 Å². The fraction of sp³-hybridized carbons (Fsp3) is 0.368. The topological polar surface area (TPSA) is 95.0 Å². The number of nitrogens with one attached hydrogen (secondary N) is 1. The highest BCUT2D eigenvalue weighted by Crippen LogP contribution is 2.21. The van der Waals surface area contributed by atoms with Crippen LogP contribution in [-0.4, -0.2) is 49.2 Å². The van der Waals surface area contributed by atoms with Crippen molar-refractivity contribution < 1.29 is 14.3 Å². The lowest BCUT2D eigenvalue weighted by Crippen LogP contribution is -2.38. The molecule has 0 fully saturated rings. The van der Waals surface area contributed by atoms with E-state index in [1.807, 2.05) is 19.2 Å². The molecule has 0 radical (unpaired) electrons. The number of nitrogens with zero attached hydrogens (tertiary/aromatic N) is 4. The molecule has 0 bridgehead atoms. The molecule has 3 rings (SSSR count). The van der Waals surface area contributed by atoms with Crippen LogP contribution < -0.4 is 0 Å². The van der Waals surface area contributed by atoms with Gasteiger partial charge in [-0.3, -0.25) is 9.89 Å². The Morgan fingerprint density at radius 3 is 2.68 bits per heavy atom. The lowest BCUT2D eigenvalue weighted by atomic mass is 10.1. The van der Waals surface area contributed by atoms with Crippen molar-refractivity contribution in [1.82, 2.24) is 25.1 Å². The SMILES string of the molecule is CC(C)CN(C[C@@H](O)c1ccc(F)cc1)C(=O)Cc1csc(-c2ncn[nH]2)n1. The van der Waals surface area contributed by atoms with Crippen LogP contribution in [0.1, 0.15) is 31.2 Å². The van der Waals surface area contributed by atoms with Gasteiger partial charge in [0.05, 0.1) is 24.8 Å². The van der Waals surface area contributed by atoms with Crippen LogP contribution in [0.15, 0.2) is 36.0 Å². The molecule has 7 nitrogen and oxygen atoms in total. The van der Waals surface area contributed by atoms with E-state index in [1.54, 1.807) is 4.90 Å². The first-order chi connectivity index (χ1) is 13.4. The molecule has 0 saturated heterocycles. The van der Waals surface area contributed by atoms with Gasteiger partial charge >= 0.3 is 0 Å². The molecule has 9 heteroatoms. The first-order valence-electron chi connectivity index (χ1n) is 8.94. The van der Waals surface area contributed by atoms with Crippen molar-refractivity contribution in [3.8, 4) is 10.8 Å². The Morgan fingerprint density at radius 1 is 1.29 bits per heavy atom. The Hall–Kier alpha value is -2.65. The first kappa shape index (κ1) is 20.1.